The number of aliphatic hydroxyl groups excluding tert-OH is 3. The molecule has 1 aromatic carbocycles. The molecule has 0 saturated heterocycles. The van der Waals surface area contributed by atoms with Gasteiger partial charge in [-0.3, -0.25) is 14.4 Å². The zero-order valence-corrected chi connectivity index (χ0v) is 25.1. The number of hydrogen-bond acceptors (Lipinski definition) is 8. The Labute approximate surface area is 235 Å². The number of hydrogen-bond donors (Lipinski definition) is 5. The van der Waals surface area contributed by atoms with Crippen LogP contribution in [0.4, 0.5) is 0 Å². The fourth-order valence-corrected chi connectivity index (χ4v) is 8.04. The Hall–Kier alpha value is -2.97. The predicted molar refractivity (Wildman–Crippen MR) is 149 cm³/mol. The van der Waals surface area contributed by atoms with Crippen LogP contribution in [0.25, 0.3) is 0 Å². The summed E-state index contributed by atoms with van der Waals surface area (Å²) < 4.78 is 0. The van der Waals surface area contributed by atoms with Crippen molar-refractivity contribution in [1.82, 2.24) is 0 Å². The number of carbonyl (C=O) groups is 3. The molecule has 218 valence electrons. The van der Waals surface area contributed by atoms with E-state index in [-0.39, 0.29) is 16.9 Å². The number of aromatic hydroxyl groups is 1. The van der Waals surface area contributed by atoms with Gasteiger partial charge in [0.25, 0.3) is 0 Å². The summed E-state index contributed by atoms with van der Waals surface area (Å²) in [6, 6.07) is 1.87. The fourth-order valence-electron chi connectivity index (χ4n) is 8.04. The lowest BCUT2D eigenvalue weighted by Gasteiger charge is -2.63. The van der Waals surface area contributed by atoms with Crippen LogP contribution in [-0.4, -0.2) is 54.6 Å². The molecule has 0 saturated carbocycles. The normalized spacial score (nSPS) is 34.2. The summed E-state index contributed by atoms with van der Waals surface area (Å²) >= 11 is 0. The number of aryl methyl sites for hydroxylation is 1. The molecule has 3 aliphatic rings. The first kappa shape index (κ1) is 30.0. The number of benzene rings is 1. The molecule has 6 atom stereocenters. The number of carbonyl (C=O) groups excluding carboxylic acids is 3. The highest BCUT2D eigenvalue weighted by atomic mass is 16.4. The van der Waals surface area contributed by atoms with Crippen LogP contribution in [0.2, 0.25) is 0 Å². The van der Waals surface area contributed by atoms with Crippen LogP contribution in [0.3, 0.4) is 0 Å². The van der Waals surface area contributed by atoms with E-state index in [4.69, 9.17) is 0 Å². The lowest BCUT2D eigenvalue weighted by atomic mass is 9.41. The van der Waals surface area contributed by atoms with E-state index in [1.54, 1.807) is 27.7 Å². The standard InChI is InChI=1S/C32H42O8/c1-11-16-12-17(29(6,7)8)23(34)20-18(16)14(4)30(9)22(25(20)36)27(38)32(40)26(37)19(15(5)33)24(35)21(13(2)3)31(32,10)28(30)39/h12-14,21,28,34-35,38-40H,11H2,1-10H3/t14-,21?,28-,30+,31+,32+/m1/s1. The molecule has 40 heavy (non-hydrogen) atoms. The number of fused-ring (bicyclic) bond motifs is 3. The van der Waals surface area contributed by atoms with Gasteiger partial charge in [-0.2, -0.15) is 0 Å². The Morgan fingerprint density at radius 2 is 1.65 bits per heavy atom. The number of rotatable bonds is 3. The van der Waals surface area contributed by atoms with Crippen molar-refractivity contribution in [3.63, 3.8) is 0 Å². The zero-order chi connectivity index (χ0) is 30.7. The van der Waals surface area contributed by atoms with E-state index in [9.17, 15) is 39.9 Å². The fraction of sp³-hybridized carbons (Fsp3) is 0.594. The summed E-state index contributed by atoms with van der Waals surface area (Å²) in [6.45, 7) is 17.0. The van der Waals surface area contributed by atoms with Crippen LogP contribution in [-0.2, 0) is 21.4 Å². The molecule has 3 aliphatic carbocycles. The Bertz CT molecular complexity index is 1420. The van der Waals surface area contributed by atoms with Crippen molar-refractivity contribution in [1.29, 1.82) is 0 Å². The van der Waals surface area contributed by atoms with Crippen molar-refractivity contribution in [2.24, 2.45) is 22.7 Å². The quantitative estimate of drug-likeness (QED) is 0.336. The van der Waals surface area contributed by atoms with Crippen molar-refractivity contribution in [2.45, 2.75) is 98.7 Å². The molecule has 4 rings (SSSR count). The van der Waals surface area contributed by atoms with E-state index in [2.05, 4.69) is 0 Å². The van der Waals surface area contributed by atoms with Gasteiger partial charge in [0.1, 0.15) is 22.8 Å². The number of Topliss-reactive ketones (excluding diaryl/α,β-unsaturated/α-hetero) is 3. The van der Waals surface area contributed by atoms with Crippen molar-refractivity contribution in [2.75, 3.05) is 0 Å². The second-order valence-electron chi connectivity index (χ2n) is 13.6. The van der Waals surface area contributed by atoms with Crippen molar-refractivity contribution in [3.05, 3.63) is 51.0 Å². The summed E-state index contributed by atoms with van der Waals surface area (Å²) in [6.07, 6.45) is -1.11. The Kier molecular flexibility index (Phi) is 6.57. The van der Waals surface area contributed by atoms with Gasteiger partial charge in [-0.15, -0.1) is 0 Å². The van der Waals surface area contributed by atoms with E-state index < -0.39 is 80.1 Å². The monoisotopic (exact) mass is 554 g/mol. The minimum absolute atomic E-state index is 0.0240. The van der Waals surface area contributed by atoms with Gasteiger partial charge in [-0.1, -0.05) is 68.4 Å². The minimum Gasteiger partial charge on any atom is -0.511 e. The molecule has 1 aromatic rings. The third-order valence-electron chi connectivity index (χ3n) is 10.2. The Morgan fingerprint density at radius 1 is 1.10 bits per heavy atom. The highest BCUT2D eigenvalue weighted by Crippen LogP contribution is 2.68. The van der Waals surface area contributed by atoms with Gasteiger partial charge in [0, 0.05) is 22.3 Å². The molecule has 1 unspecified atom stereocenters. The molecule has 8 heteroatoms. The zero-order valence-electron chi connectivity index (χ0n) is 25.1. The molecule has 0 spiro atoms. The van der Waals surface area contributed by atoms with Crippen molar-refractivity contribution in [3.8, 4) is 5.75 Å². The third kappa shape index (κ3) is 3.23. The molecular formula is C32H42O8. The van der Waals surface area contributed by atoms with Gasteiger partial charge in [0.05, 0.1) is 17.2 Å². The van der Waals surface area contributed by atoms with Crippen LogP contribution in [0.15, 0.2) is 28.7 Å². The summed E-state index contributed by atoms with van der Waals surface area (Å²) in [4.78, 5) is 40.8. The molecule has 0 aliphatic heterocycles. The van der Waals surface area contributed by atoms with Gasteiger partial charge in [0.2, 0.25) is 5.78 Å². The number of phenols is 1. The molecule has 0 amide bonds. The number of phenolic OH excluding ortho intramolecular Hbond substituents is 1. The molecule has 0 radical (unpaired) electrons. The molecule has 0 bridgehead atoms. The third-order valence-corrected chi connectivity index (χ3v) is 10.2. The van der Waals surface area contributed by atoms with E-state index in [1.165, 1.54) is 6.92 Å². The van der Waals surface area contributed by atoms with E-state index in [0.29, 0.717) is 17.5 Å². The molecule has 0 aromatic heterocycles. The topological polar surface area (TPSA) is 152 Å². The molecular weight excluding hydrogens is 512 g/mol. The van der Waals surface area contributed by atoms with E-state index >= 15 is 0 Å². The van der Waals surface area contributed by atoms with Gasteiger partial charge >= 0.3 is 0 Å². The first-order valence-electron chi connectivity index (χ1n) is 14.0. The second kappa shape index (κ2) is 8.76. The summed E-state index contributed by atoms with van der Waals surface area (Å²) in [5, 5.41) is 59.2. The number of allylic oxidation sites excluding steroid dienone is 1. The average Bonchev–Trinajstić information content (AvgIpc) is 2.83. The smallest absolute Gasteiger partial charge is 0.209 e. The number of aliphatic hydroxyl groups is 4. The maximum absolute atomic E-state index is 14.4. The van der Waals surface area contributed by atoms with E-state index in [0.717, 1.165) is 12.5 Å². The first-order valence-corrected chi connectivity index (χ1v) is 14.0. The molecule has 0 fully saturated rings. The minimum atomic E-state index is -2.89. The van der Waals surface area contributed by atoms with Crippen LogP contribution in [0.5, 0.6) is 5.75 Å². The highest BCUT2D eigenvalue weighted by Gasteiger charge is 2.76. The molecule has 8 nitrogen and oxygen atoms in total. The SMILES string of the molecule is CCc1cc(C(C)(C)C)c(O)c2c1[C@@H](C)[C@@]1(C)C(=C(O)[C@@]3(O)C(=O)C(C(C)=O)=C(O)C(C(C)C)[C@@]3(C)[C@@H]1O)C2=O. The predicted octanol–water partition coefficient (Wildman–Crippen LogP) is 4.74. The van der Waals surface area contributed by atoms with Crippen LogP contribution < -0.4 is 0 Å². The van der Waals surface area contributed by atoms with Crippen LogP contribution in [0, 0.1) is 22.7 Å². The largest absolute Gasteiger partial charge is 0.511 e. The molecule has 0 heterocycles. The lowest BCUT2D eigenvalue weighted by molar-refractivity contribution is -0.211. The number of ketones is 3. The Balaban J connectivity index is 2.20. The summed E-state index contributed by atoms with van der Waals surface area (Å²) in [5.41, 5.74) is -6.05. The maximum atomic E-state index is 14.4. The van der Waals surface area contributed by atoms with E-state index in [1.807, 2.05) is 33.8 Å². The second-order valence-corrected chi connectivity index (χ2v) is 13.6. The average molecular weight is 555 g/mol. The van der Waals surface area contributed by atoms with Crippen LogP contribution >= 0.6 is 0 Å². The van der Waals surface area contributed by atoms with Gasteiger partial charge < -0.3 is 25.5 Å². The van der Waals surface area contributed by atoms with Crippen molar-refractivity contribution < 1.29 is 39.9 Å². The lowest BCUT2D eigenvalue weighted by Crippen LogP contribution is -2.73. The van der Waals surface area contributed by atoms with Crippen molar-refractivity contribution >= 4 is 17.3 Å². The summed E-state index contributed by atoms with van der Waals surface area (Å²) in [5.74, 6) is -6.88. The van der Waals surface area contributed by atoms with Gasteiger partial charge in [0.15, 0.2) is 17.2 Å². The first-order chi connectivity index (χ1) is 18.2. The highest BCUT2D eigenvalue weighted by molar-refractivity contribution is 6.25. The van der Waals surface area contributed by atoms with Gasteiger partial charge in [-0.05, 0) is 41.7 Å². The maximum Gasteiger partial charge on any atom is 0.209 e. The molecule has 5 N–H and O–H groups in total. The van der Waals surface area contributed by atoms with Crippen LogP contribution in [0.1, 0.15) is 102 Å². The van der Waals surface area contributed by atoms with Gasteiger partial charge in [-0.25, -0.2) is 0 Å². The summed E-state index contributed by atoms with van der Waals surface area (Å²) in [7, 11) is 0. The Morgan fingerprint density at radius 3 is 2.10 bits per heavy atom.